The van der Waals surface area contributed by atoms with Crippen LogP contribution in [-0.2, 0) is 17.6 Å². The first-order chi connectivity index (χ1) is 9.14. The van der Waals surface area contributed by atoms with Crippen LogP contribution in [0.2, 0.25) is 0 Å². The van der Waals surface area contributed by atoms with E-state index in [1.54, 1.807) is 0 Å². The van der Waals surface area contributed by atoms with Crippen LogP contribution in [0.1, 0.15) is 30.4 Å². The second kappa shape index (κ2) is 4.64. The second-order valence-electron chi connectivity index (χ2n) is 5.30. The number of halogens is 1. The minimum absolute atomic E-state index is 0.0849. The van der Waals surface area contributed by atoms with Gasteiger partial charge >= 0.3 is 0 Å². The molecule has 0 spiro atoms. The standard InChI is InChI=1S/C15H14BrNO2/c16-12-6-10-3-5-19-14(10)11(7-12)8-15(9-17)4-1-2-13(15)18/h6-7H,1-5,8H2. The molecule has 0 bridgehead atoms. The van der Waals surface area contributed by atoms with E-state index in [9.17, 15) is 10.1 Å². The first-order valence-corrected chi connectivity index (χ1v) is 7.32. The minimum atomic E-state index is -0.833. The largest absolute Gasteiger partial charge is 0.493 e. The number of hydrogen-bond donors (Lipinski definition) is 0. The molecular weight excluding hydrogens is 306 g/mol. The van der Waals surface area contributed by atoms with Crippen molar-refractivity contribution in [1.82, 2.24) is 0 Å². The van der Waals surface area contributed by atoms with Crippen molar-refractivity contribution in [2.45, 2.75) is 32.1 Å². The van der Waals surface area contributed by atoms with Gasteiger partial charge in [0.1, 0.15) is 11.2 Å². The topological polar surface area (TPSA) is 50.1 Å². The van der Waals surface area contributed by atoms with Gasteiger partial charge in [0, 0.05) is 23.7 Å². The number of ether oxygens (including phenoxy) is 1. The predicted molar refractivity (Wildman–Crippen MR) is 73.9 cm³/mol. The maximum absolute atomic E-state index is 12.0. The molecule has 2 aliphatic rings. The van der Waals surface area contributed by atoms with Gasteiger partial charge in [-0.15, -0.1) is 0 Å². The maximum atomic E-state index is 12.0. The van der Waals surface area contributed by atoms with Crippen LogP contribution in [-0.4, -0.2) is 12.4 Å². The lowest BCUT2D eigenvalue weighted by molar-refractivity contribution is -0.123. The van der Waals surface area contributed by atoms with Crippen molar-refractivity contribution in [3.63, 3.8) is 0 Å². The summed E-state index contributed by atoms with van der Waals surface area (Å²) in [5.41, 5.74) is 1.32. The van der Waals surface area contributed by atoms with Crippen molar-refractivity contribution in [3.8, 4) is 11.8 Å². The number of hydrogen-bond acceptors (Lipinski definition) is 3. The van der Waals surface area contributed by atoms with Crippen LogP contribution in [0.25, 0.3) is 0 Å². The van der Waals surface area contributed by atoms with E-state index >= 15 is 0 Å². The zero-order chi connectivity index (χ0) is 13.5. The molecule has 0 aromatic heterocycles. The molecule has 1 aromatic carbocycles. The Hall–Kier alpha value is -1.34. The fraction of sp³-hybridized carbons (Fsp3) is 0.467. The lowest BCUT2D eigenvalue weighted by Crippen LogP contribution is -2.26. The van der Waals surface area contributed by atoms with Gasteiger partial charge in [0.2, 0.25) is 0 Å². The number of nitriles is 1. The number of Topliss-reactive ketones (excluding diaryl/α,β-unsaturated/α-hetero) is 1. The molecule has 0 saturated heterocycles. The Balaban J connectivity index is 2.00. The van der Waals surface area contributed by atoms with Crippen molar-refractivity contribution >= 4 is 21.7 Å². The zero-order valence-corrected chi connectivity index (χ0v) is 12.1. The van der Waals surface area contributed by atoms with E-state index in [2.05, 4.69) is 28.1 Å². The molecule has 4 heteroatoms. The molecule has 98 valence electrons. The van der Waals surface area contributed by atoms with Gasteiger partial charge in [-0.25, -0.2) is 0 Å². The number of nitrogens with zero attached hydrogens (tertiary/aromatic N) is 1. The van der Waals surface area contributed by atoms with Crippen LogP contribution >= 0.6 is 15.9 Å². The average Bonchev–Trinajstić information content (AvgIpc) is 2.97. The van der Waals surface area contributed by atoms with Crippen LogP contribution in [0.3, 0.4) is 0 Å². The molecule has 1 aromatic rings. The maximum Gasteiger partial charge on any atom is 0.153 e. The SMILES string of the molecule is N#CC1(Cc2cc(Br)cc3c2OCC3)CCCC1=O. The summed E-state index contributed by atoms with van der Waals surface area (Å²) in [6.07, 6.45) is 3.40. The Labute approximate surface area is 120 Å². The molecule has 1 aliphatic carbocycles. The quantitative estimate of drug-likeness (QED) is 0.841. The number of rotatable bonds is 2. The van der Waals surface area contributed by atoms with Crippen molar-refractivity contribution in [2.24, 2.45) is 5.41 Å². The van der Waals surface area contributed by atoms with Gasteiger partial charge in [-0.3, -0.25) is 4.79 Å². The van der Waals surface area contributed by atoms with Crippen molar-refractivity contribution in [2.75, 3.05) is 6.61 Å². The third-order valence-corrected chi connectivity index (χ3v) is 4.53. The van der Waals surface area contributed by atoms with E-state index in [1.165, 1.54) is 5.56 Å². The van der Waals surface area contributed by atoms with Gasteiger partial charge in [-0.1, -0.05) is 15.9 Å². The third-order valence-electron chi connectivity index (χ3n) is 4.07. The zero-order valence-electron chi connectivity index (χ0n) is 10.5. The fourth-order valence-corrected chi connectivity index (χ4v) is 3.63. The van der Waals surface area contributed by atoms with Crippen molar-refractivity contribution in [3.05, 3.63) is 27.7 Å². The number of ketones is 1. The van der Waals surface area contributed by atoms with Crippen LogP contribution in [0.15, 0.2) is 16.6 Å². The van der Waals surface area contributed by atoms with Gasteiger partial charge < -0.3 is 4.74 Å². The monoisotopic (exact) mass is 319 g/mol. The normalized spacial score (nSPS) is 24.9. The van der Waals surface area contributed by atoms with Crippen LogP contribution in [0, 0.1) is 16.7 Å². The first kappa shape index (κ1) is 12.7. The van der Waals surface area contributed by atoms with E-state index in [4.69, 9.17) is 4.74 Å². The molecule has 1 aliphatic heterocycles. The summed E-state index contributed by atoms with van der Waals surface area (Å²) < 4.78 is 6.67. The minimum Gasteiger partial charge on any atom is -0.493 e. The second-order valence-corrected chi connectivity index (χ2v) is 6.21. The lowest BCUT2D eigenvalue weighted by atomic mass is 9.80. The molecule has 1 saturated carbocycles. The number of fused-ring (bicyclic) bond motifs is 1. The Bertz CT molecular complexity index is 591. The van der Waals surface area contributed by atoms with Crippen LogP contribution in [0.5, 0.6) is 5.75 Å². The highest BCUT2D eigenvalue weighted by molar-refractivity contribution is 9.10. The van der Waals surface area contributed by atoms with Crippen molar-refractivity contribution in [1.29, 1.82) is 5.26 Å². The van der Waals surface area contributed by atoms with Crippen LogP contribution in [0.4, 0.5) is 0 Å². The Morgan fingerprint density at radius 1 is 1.42 bits per heavy atom. The summed E-state index contributed by atoms with van der Waals surface area (Å²) in [7, 11) is 0. The summed E-state index contributed by atoms with van der Waals surface area (Å²) >= 11 is 3.50. The van der Waals surface area contributed by atoms with Gasteiger partial charge in [-0.2, -0.15) is 5.26 Å². The van der Waals surface area contributed by atoms with E-state index in [1.807, 2.05) is 6.07 Å². The van der Waals surface area contributed by atoms with Crippen LogP contribution < -0.4 is 4.74 Å². The Morgan fingerprint density at radius 3 is 2.95 bits per heavy atom. The molecule has 3 nitrogen and oxygen atoms in total. The van der Waals surface area contributed by atoms with Gasteiger partial charge in [-0.05, 0) is 36.1 Å². The summed E-state index contributed by atoms with van der Waals surface area (Å²) in [6, 6.07) is 6.30. The summed E-state index contributed by atoms with van der Waals surface area (Å²) in [5, 5.41) is 9.44. The molecule has 19 heavy (non-hydrogen) atoms. The Kier molecular flexibility index (Phi) is 3.10. The smallest absolute Gasteiger partial charge is 0.153 e. The Morgan fingerprint density at radius 2 is 2.26 bits per heavy atom. The summed E-state index contributed by atoms with van der Waals surface area (Å²) in [5.74, 6) is 0.972. The molecule has 1 unspecified atom stereocenters. The molecule has 1 heterocycles. The van der Waals surface area contributed by atoms with E-state index in [0.29, 0.717) is 25.9 Å². The molecule has 0 N–H and O–H groups in total. The highest BCUT2D eigenvalue weighted by Crippen LogP contribution is 2.42. The van der Waals surface area contributed by atoms with Crippen molar-refractivity contribution < 1.29 is 9.53 Å². The van der Waals surface area contributed by atoms with Gasteiger partial charge in [0.05, 0.1) is 12.7 Å². The molecule has 1 atom stereocenters. The predicted octanol–water partition coefficient (Wildman–Crippen LogP) is 3.19. The van der Waals surface area contributed by atoms with E-state index in [-0.39, 0.29) is 5.78 Å². The highest BCUT2D eigenvalue weighted by atomic mass is 79.9. The average molecular weight is 320 g/mol. The third kappa shape index (κ3) is 2.06. The fourth-order valence-electron chi connectivity index (χ4n) is 3.08. The highest BCUT2D eigenvalue weighted by Gasteiger charge is 2.43. The molecule has 0 amide bonds. The first-order valence-electron chi connectivity index (χ1n) is 6.53. The number of benzene rings is 1. The lowest BCUT2D eigenvalue weighted by Gasteiger charge is -2.20. The van der Waals surface area contributed by atoms with Gasteiger partial charge in [0.15, 0.2) is 5.78 Å². The van der Waals surface area contributed by atoms with E-state index in [0.717, 1.165) is 28.6 Å². The molecule has 1 fully saturated rings. The van der Waals surface area contributed by atoms with E-state index < -0.39 is 5.41 Å². The molecule has 0 radical (unpaired) electrons. The molecule has 3 rings (SSSR count). The molecular formula is C15H14BrNO2. The number of carbonyl (C=O) groups is 1. The summed E-state index contributed by atoms with van der Waals surface area (Å²) in [6.45, 7) is 0.687. The summed E-state index contributed by atoms with van der Waals surface area (Å²) in [4.78, 5) is 12.0. The van der Waals surface area contributed by atoms with Gasteiger partial charge in [0.25, 0.3) is 0 Å². The number of carbonyl (C=O) groups excluding carboxylic acids is 1.